The molecule has 1 aromatic carbocycles. The van der Waals surface area contributed by atoms with E-state index in [9.17, 15) is 19.2 Å². The van der Waals surface area contributed by atoms with Gasteiger partial charge in [0.05, 0.1) is 0 Å². The second-order valence-electron chi connectivity index (χ2n) is 11.1. The normalized spacial score (nSPS) is 12.3. The summed E-state index contributed by atoms with van der Waals surface area (Å²) in [5.41, 5.74) is 0.781. The highest BCUT2D eigenvalue weighted by Gasteiger charge is 2.26. The van der Waals surface area contributed by atoms with Crippen LogP contribution in [0.3, 0.4) is 0 Å². The number of ether oxygens (including phenoxy) is 1. The summed E-state index contributed by atoms with van der Waals surface area (Å²) < 4.78 is 5.29. The summed E-state index contributed by atoms with van der Waals surface area (Å²) in [6.07, 6.45) is 18.8. The number of amides is 2. The maximum atomic E-state index is 12.6. The number of nitrogens with one attached hydrogen (secondary N) is 2. The van der Waals surface area contributed by atoms with Crippen LogP contribution >= 0.6 is 0 Å². The van der Waals surface area contributed by atoms with Gasteiger partial charge in [-0.2, -0.15) is 0 Å². The monoisotopic (exact) mass is 574 g/mol. The number of carboxylic acids is 1. The van der Waals surface area contributed by atoms with Crippen molar-refractivity contribution in [3.63, 3.8) is 0 Å². The number of benzene rings is 1. The van der Waals surface area contributed by atoms with Crippen LogP contribution in [0.2, 0.25) is 0 Å². The fraction of sp³-hybridized carbons (Fsp3) is 0.697. The second kappa shape index (κ2) is 23.8. The molecule has 8 nitrogen and oxygen atoms in total. The van der Waals surface area contributed by atoms with E-state index < -0.39 is 29.9 Å². The molecule has 3 N–H and O–H groups in total. The van der Waals surface area contributed by atoms with Gasteiger partial charge in [-0.15, -0.1) is 0 Å². The number of hydrogen-bond donors (Lipinski definition) is 3. The van der Waals surface area contributed by atoms with Crippen molar-refractivity contribution < 1.29 is 29.0 Å². The molecule has 0 unspecified atom stereocenters. The topological polar surface area (TPSA) is 122 Å². The highest BCUT2D eigenvalue weighted by molar-refractivity contribution is 5.90. The first-order valence-corrected chi connectivity index (χ1v) is 15.9. The molecule has 0 bridgehead atoms. The molecule has 0 saturated carbocycles. The molecule has 2 amide bonds. The minimum Gasteiger partial charge on any atom is -0.481 e. The maximum absolute atomic E-state index is 12.6. The Balaban J connectivity index is 2.19. The van der Waals surface area contributed by atoms with Gasteiger partial charge >= 0.3 is 11.9 Å². The summed E-state index contributed by atoms with van der Waals surface area (Å²) in [6.45, 7) is 3.82. The van der Waals surface area contributed by atoms with Gasteiger partial charge < -0.3 is 20.5 Å². The summed E-state index contributed by atoms with van der Waals surface area (Å²) in [7, 11) is 0. The lowest BCUT2D eigenvalue weighted by atomic mass is 10.0. The third-order valence-corrected chi connectivity index (χ3v) is 7.25. The third-order valence-electron chi connectivity index (χ3n) is 7.25. The lowest BCUT2D eigenvalue weighted by molar-refractivity contribution is -0.150. The Morgan fingerprint density at radius 2 is 1.24 bits per heavy atom. The first-order chi connectivity index (χ1) is 19.8. The van der Waals surface area contributed by atoms with Gasteiger partial charge in [-0.05, 0) is 25.3 Å². The van der Waals surface area contributed by atoms with Crippen LogP contribution in [0, 0.1) is 0 Å². The van der Waals surface area contributed by atoms with Crippen LogP contribution < -0.4 is 10.6 Å². The number of aliphatic carboxylic acids is 1. The Morgan fingerprint density at radius 1 is 0.732 bits per heavy atom. The zero-order valence-electron chi connectivity index (χ0n) is 25.5. The summed E-state index contributed by atoms with van der Waals surface area (Å²) >= 11 is 0. The number of carboxylic acid groups (broad SMARTS) is 1. The van der Waals surface area contributed by atoms with Gasteiger partial charge in [-0.1, -0.05) is 127 Å². The van der Waals surface area contributed by atoms with Crippen LogP contribution in [0.5, 0.6) is 0 Å². The Morgan fingerprint density at radius 3 is 1.76 bits per heavy atom. The lowest BCUT2D eigenvalue weighted by Gasteiger charge is -2.20. The first-order valence-electron chi connectivity index (χ1n) is 15.9. The van der Waals surface area contributed by atoms with E-state index in [0.29, 0.717) is 6.42 Å². The van der Waals surface area contributed by atoms with Crippen molar-refractivity contribution in [1.29, 1.82) is 0 Å². The quantitative estimate of drug-likeness (QED) is 0.0868. The smallest absolute Gasteiger partial charge is 0.328 e. The molecule has 41 heavy (non-hydrogen) atoms. The van der Waals surface area contributed by atoms with Crippen molar-refractivity contribution in [2.75, 3.05) is 0 Å². The molecule has 0 aromatic heterocycles. The van der Waals surface area contributed by atoms with Gasteiger partial charge in [0.2, 0.25) is 11.8 Å². The van der Waals surface area contributed by atoms with E-state index in [1.54, 1.807) is 19.1 Å². The average Bonchev–Trinajstić information content (AvgIpc) is 2.96. The molecule has 0 heterocycles. The van der Waals surface area contributed by atoms with Crippen LogP contribution in [0.4, 0.5) is 0 Å². The fourth-order valence-electron chi connectivity index (χ4n) is 4.68. The van der Waals surface area contributed by atoms with Gasteiger partial charge in [0, 0.05) is 12.8 Å². The number of esters is 1. The van der Waals surface area contributed by atoms with Crippen molar-refractivity contribution in [3.05, 3.63) is 35.9 Å². The zero-order chi connectivity index (χ0) is 30.1. The van der Waals surface area contributed by atoms with Gasteiger partial charge in [-0.25, -0.2) is 4.79 Å². The summed E-state index contributed by atoms with van der Waals surface area (Å²) in [5.74, 6) is -2.55. The minimum absolute atomic E-state index is 0.0185. The number of unbranched alkanes of at least 4 members (excludes halogenated alkanes) is 14. The van der Waals surface area contributed by atoms with E-state index in [2.05, 4.69) is 17.6 Å². The molecule has 2 atom stereocenters. The van der Waals surface area contributed by atoms with Gasteiger partial charge in [0.15, 0.2) is 0 Å². The molecule has 0 aliphatic rings. The van der Waals surface area contributed by atoms with E-state index in [1.807, 2.05) is 18.2 Å². The lowest BCUT2D eigenvalue weighted by Crippen LogP contribution is -2.50. The Labute approximate surface area is 247 Å². The minimum atomic E-state index is -1.11. The van der Waals surface area contributed by atoms with E-state index in [-0.39, 0.29) is 25.4 Å². The second-order valence-corrected chi connectivity index (χ2v) is 11.1. The average molecular weight is 575 g/mol. The largest absolute Gasteiger partial charge is 0.481 e. The predicted octanol–water partition coefficient (Wildman–Crippen LogP) is 6.85. The molecule has 0 spiro atoms. The van der Waals surface area contributed by atoms with Gasteiger partial charge in [0.1, 0.15) is 18.7 Å². The zero-order valence-corrected chi connectivity index (χ0v) is 25.5. The molecule has 1 aromatic rings. The van der Waals surface area contributed by atoms with Crippen LogP contribution in [-0.2, 0) is 30.5 Å². The van der Waals surface area contributed by atoms with Crippen LogP contribution in [0.15, 0.2) is 30.3 Å². The fourth-order valence-corrected chi connectivity index (χ4v) is 4.68. The number of rotatable bonds is 25. The Bertz CT molecular complexity index is 861. The van der Waals surface area contributed by atoms with E-state index >= 15 is 0 Å². The van der Waals surface area contributed by atoms with Crippen molar-refractivity contribution in [3.8, 4) is 0 Å². The van der Waals surface area contributed by atoms with E-state index in [0.717, 1.165) is 24.8 Å². The van der Waals surface area contributed by atoms with E-state index in [4.69, 9.17) is 9.84 Å². The van der Waals surface area contributed by atoms with Crippen molar-refractivity contribution >= 4 is 23.8 Å². The molecule has 232 valence electrons. The van der Waals surface area contributed by atoms with Gasteiger partial charge in [0.25, 0.3) is 0 Å². The number of carbonyl (C=O) groups excluding carboxylic acids is 3. The molecule has 8 heteroatoms. The molecular formula is C33H54N2O6. The highest BCUT2D eigenvalue weighted by Crippen LogP contribution is 2.14. The summed E-state index contributed by atoms with van der Waals surface area (Å²) in [5, 5.41) is 14.2. The molecular weight excluding hydrogens is 520 g/mol. The number of carbonyl (C=O) groups is 4. The number of hydrogen-bond acceptors (Lipinski definition) is 5. The molecule has 0 aliphatic carbocycles. The molecule has 0 saturated heterocycles. The standard InChI is InChI=1S/C33H54N2O6/c1-3-4-5-6-7-8-9-10-11-12-13-14-15-16-20-23-30(36)34-27(2)32(39)35-29(24-25-31(37)38)33(40)41-26-28-21-18-17-19-22-28/h17-19,21-22,27,29H,3-16,20,23-26H2,1-2H3,(H,34,36)(H,35,39)(H,37,38)/t27-,29+/m0/s1. The van der Waals surface area contributed by atoms with Crippen LogP contribution in [0.25, 0.3) is 0 Å². The molecule has 1 rings (SSSR count). The van der Waals surface area contributed by atoms with Crippen LogP contribution in [-0.4, -0.2) is 40.9 Å². The molecule has 0 radical (unpaired) electrons. The van der Waals surface area contributed by atoms with Crippen LogP contribution in [0.1, 0.15) is 135 Å². The predicted molar refractivity (Wildman–Crippen MR) is 162 cm³/mol. The Hall–Kier alpha value is -2.90. The SMILES string of the molecule is CCCCCCCCCCCCCCCCCC(=O)N[C@@H](C)C(=O)N[C@H](CCC(=O)O)C(=O)OCc1ccccc1. The van der Waals surface area contributed by atoms with Gasteiger partial charge in [-0.3, -0.25) is 14.4 Å². The van der Waals surface area contributed by atoms with Crippen molar-refractivity contribution in [1.82, 2.24) is 10.6 Å². The van der Waals surface area contributed by atoms with Crippen molar-refractivity contribution in [2.45, 2.75) is 148 Å². The summed E-state index contributed by atoms with van der Waals surface area (Å²) in [4.78, 5) is 48.6. The first kappa shape index (κ1) is 36.1. The van der Waals surface area contributed by atoms with Crippen molar-refractivity contribution in [2.24, 2.45) is 0 Å². The van der Waals surface area contributed by atoms with E-state index in [1.165, 1.54) is 77.0 Å². The Kier molecular flexibility index (Phi) is 20.9. The summed E-state index contributed by atoms with van der Waals surface area (Å²) in [6, 6.07) is 7.11. The highest BCUT2D eigenvalue weighted by atomic mass is 16.5. The molecule has 0 aliphatic heterocycles. The molecule has 0 fully saturated rings. The maximum Gasteiger partial charge on any atom is 0.328 e. The third kappa shape index (κ3) is 19.8.